The lowest BCUT2D eigenvalue weighted by atomic mass is 10.2. The minimum atomic E-state index is -0.289. The third-order valence-electron chi connectivity index (χ3n) is 5.50. The van der Waals surface area contributed by atoms with Crippen molar-refractivity contribution in [2.24, 2.45) is 4.99 Å². The van der Waals surface area contributed by atoms with Crippen LogP contribution in [0, 0.1) is 0 Å². The van der Waals surface area contributed by atoms with Gasteiger partial charge in [-0.15, -0.1) is 0 Å². The fraction of sp³-hybridized carbons (Fsp3) is 0.478. The van der Waals surface area contributed by atoms with Crippen LogP contribution in [0.5, 0.6) is 0 Å². The third-order valence-corrected chi connectivity index (χ3v) is 5.50. The Morgan fingerprint density at radius 3 is 2.53 bits per heavy atom. The van der Waals surface area contributed by atoms with Crippen LogP contribution in [0.3, 0.4) is 0 Å². The smallest absolute Gasteiger partial charge is 0.414 e. The Labute approximate surface area is 188 Å². The number of rotatable bonds is 9. The zero-order valence-corrected chi connectivity index (χ0v) is 18.3. The average molecular weight is 442 g/mol. The molecule has 2 aliphatic rings. The van der Waals surface area contributed by atoms with Crippen molar-refractivity contribution in [2.75, 3.05) is 64.0 Å². The molecular weight excluding hydrogens is 410 g/mol. The lowest BCUT2D eigenvalue weighted by Crippen LogP contribution is -2.44. The van der Waals surface area contributed by atoms with Crippen LogP contribution in [0.15, 0.2) is 52.1 Å². The first-order valence-electron chi connectivity index (χ1n) is 11.2. The molecule has 9 nitrogen and oxygen atoms in total. The molecule has 0 spiro atoms. The molecule has 2 aliphatic heterocycles. The van der Waals surface area contributed by atoms with E-state index in [0.717, 1.165) is 75.3 Å². The van der Waals surface area contributed by atoms with Gasteiger partial charge in [-0.3, -0.25) is 9.80 Å². The quantitative estimate of drug-likeness (QED) is 0.453. The Hall–Kier alpha value is -3.04. The maximum Gasteiger partial charge on any atom is 0.414 e. The van der Waals surface area contributed by atoms with Crippen molar-refractivity contribution in [1.82, 2.24) is 15.5 Å². The molecule has 172 valence electrons. The number of morpholine rings is 1. The summed E-state index contributed by atoms with van der Waals surface area (Å²) in [4.78, 5) is 20.5. The number of aliphatic imine (C=N–C) groups is 1. The van der Waals surface area contributed by atoms with E-state index in [4.69, 9.17) is 18.9 Å². The van der Waals surface area contributed by atoms with Crippen molar-refractivity contribution < 1.29 is 18.7 Å². The number of hydrogen-bond acceptors (Lipinski definition) is 6. The van der Waals surface area contributed by atoms with Crippen LogP contribution in [-0.2, 0) is 22.4 Å². The number of ether oxygens (including phenoxy) is 2. The highest BCUT2D eigenvalue weighted by atomic mass is 16.6. The molecule has 2 fully saturated rings. The van der Waals surface area contributed by atoms with Gasteiger partial charge >= 0.3 is 6.09 Å². The van der Waals surface area contributed by atoms with Gasteiger partial charge in [-0.1, -0.05) is 12.1 Å². The minimum Gasteiger partial charge on any atom is -0.469 e. The zero-order chi connectivity index (χ0) is 22.0. The summed E-state index contributed by atoms with van der Waals surface area (Å²) in [5, 5.41) is 6.83. The number of furan rings is 1. The molecule has 4 rings (SSSR count). The molecular formula is C23H31N5O4. The first-order valence-corrected chi connectivity index (χ1v) is 11.2. The van der Waals surface area contributed by atoms with Gasteiger partial charge in [0.25, 0.3) is 0 Å². The van der Waals surface area contributed by atoms with Crippen LogP contribution < -0.4 is 15.5 Å². The molecule has 0 saturated carbocycles. The second kappa shape index (κ2) is 11.5. The van der Waals surface area contributed by atoms with Gasteiger partial charge in [0.1, 0.15) is 12.4 Å². The predicted octanol–water partition coefficient (Wildman–Crippen LogP) is 1.85. The minimum absolute atomic E-state index is 0.289. The number of anilines is 1. The van der Waals surface area contributed by atoms with E-state index in [-0.39, 0.29) is 6.09 Å². The lowest BCUT2D eigenvalue weighted by molar-refractivity contribution is 0.0389. The van der Waals surface area contributed by atoms with Crippen molar-refractivity contribution >= 4 is 17.7 Å². The summed E-state index contributed by atoms with van der Waals surface area (Å²) in [5.41, 5.74) is 1.92. The van der Waals surface area contributed by atoms with E-state index in [9.17, 15) is 4.79 Å². The van der Waals surface area contributed by atoms with Gasteiger partial charge < -0.3 is 24.5 Å². The van der Waals surface area contributed by atoms with Gasteiger partial charge in [0, 0.05) is 44.8 Å². The van der Waals surface area contributed by atoms with Gasteiger partial charge in [-0.25, -0.2) is 9.79 Å². The Bertz CT molecular complexity index is 863. The largest absolute Gasteiger partial charge is 0.469 e. The molecule has 32 heavy (non-hydrogen) atoms. The predicted molar refractivity (Wildman–Crippen MR) is 122 cm³/mol. The Kier molecular flexibility index (Phi) is 7.99. The highest BCUT2D eigenvalue weighted by Crippen LogP contribution is 2.19. The number of nitrogens with zero attached hydrogens (tertiary/aromatic N) is 3. The lowest BCUT2D eigenvalue weighted by Gasteiger charge is -2.26. The van der Waals surface area contributed by atoms with Crippen LogP contribution in [0.2, 0.25) is 0 Å². The fourth-order valence-electron chi connectivity index (χ4n) is 3.67. The van der Waals surface area contributed by atoms with Crippen LogP contribution >= 0.6 is 0 Å². The van der Waals surface area contributed by atoms with E-state index in [1.165, 1.54) is 0 Å². The number of hydrogen-bond donors (Lipinski definition) is 2. The average Bonchev–Trinajstić information content (AvgIpc) is 3.50. The zero-order valence-electron chi connectivity index (χ0n) is 18.3. The number of nitrogens with one attached hydrogen (secondary N) is 2. The second-order valence-corrected chi connectivity index (χ2v) is 7.73. The molecule has 2 aromatic rings. The normalized spacial score (nSPS) is 17.4. The highest BCUT2D eigenvalue weighted by Gasteiger charge is 2.23. The van der Waals surface area contributed by atoms with Crippen LogP contribution in [0.1, 0.15) is 11.3 Å². The van der Waals surface area contributed by atoms with Crippen LogP contribution in [-0.4, -0.2) is 76.0 Å². The van der Waals surface area contributed by atoms with Gasteiger partial charge in [-0.2, -0.15) is 0 Å². The van der Waals surface area contributed by atoms with Gasteiger partial charge in [0.05, 0.1) is 32.6 Å². The molecule has 0 bridgehead atoms. The van der Waals surface area contributed by atoms with Gasteiger partial charge in [0.15, 0.2) is 5.96 Å². The molecule has 0 aliphatic carbocycles. The first-order chi connectivity index (χ1) is 15.8. The number of cyclic esters (lactones) is 1. The Balaban J connectivity index is 1.31. The number of carbonyl (C=O) groups excluding carboxylic acids is 1. The van der Waals surface area contributed by atoms with Gasteiger partial charge in [0.2, 0.25) is 0 Å². The molecule has 0 atom stereocenters. The molecule has 2 saturated heterocycles. The molecule has 9 heteroatoms. The molecule has 0 radical (unpaired) electrons. The number of guanidine groups is 1. The summed E-state index contributed by atoms with van der Waals surface area (Å²) in [5.74, 6) is 1.72. The van der Waals surface area contributed by atoms with Crippen LogP contribution in [0.25, 0.3) is 0 Å². The van der Waals surface area contributed by atoms with Crippen molar-refractivity contribution in [1.29, 1.82) is 0 Å². The SMILES string of the molecule is O=C1OCCN1c1ccc(CN=C(NCCc2ccco2)NCCN2CCOCC2)cc1. The number of benzene rings is 1. The van der Waals surface area contributed by atoms with E-state index in [2.05, 4.69) is 15.5 Å². The summed E-state index contributed by atoms with van der Waals surface area (Å²) < 4.78 is 15.8. The molecule has 1 aromatic heterocycles. The first kappa shape index (κ1) is 22.2. The van der Waals surface area contributed by atoms with E-state index in [1.807, 2.05) is 36.4 Å². The maximum absolute atomic E-state index is 11.7. The topological polar surface area (TPSA) is 91.6 Å². The second-order valence-electron chi connectivity index (χ2n) is 7.73. The molecule has 2 N–H and O–H groups in total. The van der Waals surface area contributed by atoms with Gasteiger partial charge in [-0.05, 0) is 29.8 Å². The monoisotopic (exact) mass is 441 g/mol. The summed E-state index contributed by atoms with van der Waals surface area (Å²) in [6, 6.07) is 11.7. The van der Waals surface area contributed by atoms with E-state index in [0.29, 0.717) is 19.7 Å². The summed E-state index contributed by atoms with van der Waals surface area (Å²) in [7, 11) is 0. The number of amides is 1. The fourth-order valence-corrected chi connectivity index (χ4v) is 3.67. The number of carbonyl (C=O) groups is 1. The summed E-state index contributed by atoms with van der Waals surface area (Å²) >= 11 is 0. The van der Waals surface area contributed by atoms with Crippen molar-refractivity contribution in [3.63, 3.8) is 0 Å². The molecule has 3 heterocycles. The van der Waals surface area contributed by atoms with Crippen molar-refractivity contribution in [3.8, 4) is 0 Å². The van der Waals surface area contributed by atoms with E-state index in [1.54, 1.807) is 11.2 Å². The highest BCUT2D eigenvalue weighted by molar-refractivity contribution is 5.89. The van der Waals surface area contributed by atoms with Crippen molar-refractivity contribution in [2.45, 2.75) is 13.0 Å². The van der Waals surface area contributed by atoms with E-state index >= 15 is 0 Å². The molecule has 1 amide bonds. The standard InChI is InChI=1S/C23H31N5O4/c29-23-28(13-17-32-23)20-5-3-19(4-6-20)18-26-22(24-8-7-21-2-1-14-31-21)25-9-10-27-11-15-30-16-12-27/h1-6,14H,7-13,15-18H2,(H2,24,25,26). The van der Waals surface area contributed by atoms with Crippen LogP contribution in [0.4, 0.5) is 10.5 Å². The van der Waals surface area contributed by atoms with Crippen molar-refractivity contribution in [3.05, 3.63) is 54.0 Å². The summed E-state index contributed by atoms with van der Waals surface area (Å²) in [6.07, 6.45) is 2.19. The Morgan fingerprint density at radius 1 is 1.00 bits per heavy atom. The summed E-state index contributed by atoms with van der Waals surface area (Å²) in [6.45, 7) is 7.59. The van der Waals surface area contributed by atoms with E-state index < -0.39 is 0 Å². The molecule has 0 unspecified atom stereocenters. The Morgan fingerprint density at radius 2 is 1.81 bits per heavy atom. The maximum atomic E-state index is 11.7. The molecule has 1 aromatic carbocycles. The third kappa shape index (κ3) is 6.48.